The van der Waals surface area contributed by atoms with Crippen molar-refractivity contribution in [3.05, 3.63) is 84.8 Å². The highest BCUT2D eigenvalue weighted by atomic mass is 15.1. The molecule has 4 rings (SSSR count). The van der Waals surface area contributed by atoms with Crippen LogP contribution in [0.4, 0.5) is 0 Å². The van der Waals surface area contributed by atoms with E-state index in [-0.39, 0.29) is 0 Å². The molecule has 0 aliphatic carbocycles. The van der Waals surface area contributed by atoms with Gasteiger partial charge in [0.2, 0.25) is 0 Å². The van der Waals surface area contributed by atoms with Gasteiger partial charge in [0.05, 0.1) is 11.9 Å². The Morgan fingerprint density at radius 3 is 2.00 bits per heavy atom. The van der Waals surface area contributed by atoms with E-state index in [0.717, 1.165) is 22.4 Å². The first-order valence-corrected chi connectivity index (χ1v) is 7.93. The van der Waals surface area contributed by atoms with E-state index in [1.807, 2.05) is 18.5 Å². The number of aromatic amines is 1. The zero-order valence-electron chi connectivity index (χ0n) is 13.4. The van der Waals surface area contributed by atoms with Gasteiger partial charge in [0.1, 0.15) is 0 Å². The van der Waals surface area contributed by atoms with Crippen LogP contribution in [0.2, 0.25) is 0 Å². The van der Waals surface area contributed by atoms with Gasteiger partial charge in [0.15, 0.2) is 0 Å². The molecule has 0 spiro atoms. The average molecular weight is 311 g/mol. The van der Waals surface area contributed by atoms with Gasteiger partial charge in [-0.15, -0.1) is 0 Å². The largest absolute Gasteiger partial charge is 0.285 e. The summed E-state index contributed by atoms with van der Waals surface area (Å²) in [5, 5.41) is 6.83. The summed E-state index contributed by atoms with van der Waals surface area (Å²) in [6, 6.07) is 21.2. The minimum Gasteiger partial charge on any atom is -0.285 e. The van der Waals surface area contributed by atoms with Crippen LogP contribution in [0.5, 0.6) is 0 Å². The van der Waals surface area contributed by atoms with Crippen molar-refractivity contribution in [1.82, 2.24) is 15.2 Å². The minimum absolute atomic E-state index is 0.966. The maximum atomic E-state index is 4.62. The number of hydrogen-bond donors (Lipinski definition) is 1. The van der Waals surface area contributed by atoms with Crippen molar-refractivity contribution in [3.8, 4) is 33.5 Å². The average Bonchev–Trinajstić information content (AvgIpc) is 3.17. The van der Waals surface area contributed by atoms with E-state index in [9.17, 15) is 0 Å². The molecule has 0 atom stereocenters. The predicted octanol–water partition coefficient (Wildman–Crippen LogP) is 5.11. The lowest BCUT2D eigenvalue weighted by Gasteiger charge is -2.08. The molecule has 0 saturated carbocycles. The second kappa shape index (κ2) is 6.13. The quantitative estimate of drug-likeness (QED) is 0.571. The summed E-state index contributed by atoms with van der Waals surface area (Å²) >= 11 is 0. The lowest BCUT2D eigenvalue weighted by atomic mass is 9.99. The number of benzene rings is 2. The minimum atomic E-state index is 0.966. The number of aryl methyl sites for hydroxylation is 1. The zero-order chi connectivity index (χ0) is 16.4. The van der Waals surface area contributed by atoms with Crippen LogP contribution >= 0.6 is 0 Å². The highest BCUT2D eigenvalue weighted by molar-refractivity contribution is 5.72. The number of hydrogen-bond acceptors (Lipinski definition) is 2. The molecule has 0 fully saturated rings. The highest BCUT2D eigenvalue weighted by Gasteiger charge is 2.07. The second-order valence-corrected chi connectivity index (χ2v) is 5.82. The van der Waals surface area contributed by atoms with Gasteiger partial charge in [-0.1, -0.05) is 54.6 Å². The Balaban J connectivity index is 1.66. The summed E-state index contributed by atoms with van der Waals surface area (Å²) in [5.41, 5.74) is 7.86. The first-order chi connectivity index (χ1) is 11.8. The van der Waals surface area contributed by atoms with Crippen LogP contribution in [0.25, 0.3) is 33.5 Å². The Morgan fingerprint density at radius 1 is 0.708 bits per heavy atom. The predicted molar refractivity (Wildman–Crippen MR) is 97.4 cm³/mol. The van der Waals surface area contributed by atoms with Crippen LogP contribution in [-0.4, -0.2) is 15.2 Å². The molecule has 2 aromatic carbocycles. The van der Waals surface area contributed by atoms with Crippen LogP contribution in [0.15, 0.2) is 79.3 Å². The third-order valence-electron chi connectivity index (χ3n) is 4.18. The molecule has 24 heavy (non-hydrogen) atoms. The molecule has 4 aromatic rings. The van der Waals surface area contributed by atoms with Crippen molar-refractivity contribution >= 4 is 0 Å². The zero-order valence-corrected chi connectivity index (χ0v) is 13.4. The molecule has 116 valence electrons. The molecule has 0 amide bonds. The normalized spacial score (nSPS) is 10.7. The summed E-state index contributed by atoms with van der Waals surface area (Å²) in [4.78, 5) is 4.62. The number of H-pyrrole nitrogens is 1. The number of pyridine rings is 1. The van der Waals surface area contributed by atoms with E-state index in [2.05, 4.69) is 76.7 Å². The van der Waals surface area contributed by atoms with Crippen molar-refractivity contribution in [2.24, 2.45) is 0 Å². The lowest BCUT2D eigenvalue weighted by molar-refractivity contribution is 1.09. The second-order valence-electron chi connectivity index (χ2n) is 5.82. The smallest absolute Gasteiger partial charge is 0.0763 e. The van der Waals surface area contributed by atoms with Gasteiger partial charge in [-0.05, 0) is 35.2 Å². The van der Waals surface area contributed by atoms with Crippen LogP contribution in [0.1, 0.15) is 5.56 Å². The number of nitrogens with one attached hydrogen (secondary N) is 1. The van der Waals surface area contributed by atoms with Gasteiger partial charge in [-0.2, -0.15) is 5.10 Å². The van der Waals surface area contributed by atoms with Crippen LogP contribution < -0.4 is 0 Å². The Labute approximate surface area is 141 Å². The Morgan fingerprint density at radius 2 is 1.38 bits per heavy atom. The topological polar surface area (TPSA) is 41.6 Å². The molecule has 2 heterocycles. The first-order valence-electron chi connectivity index (χ1n) is 7.93. The number of rotatable bonds is 3. The molecule has 0 saturated heterocycles. The van der Waals surface area contributed by atoms with Gasteiger partial charge < -0.3 is 0 Å². The van der Waals surface area contributed by atoms with Crippen LogP contribution in [0.3, 0.4) is 0 Å². The maximum absolute atomic E-state index is 4.62. The SMILES string of the molecule is Cc1cc(-c2ccc(-c3ccccc3)cc2)cnc1-c1cn[nH]c1. The molecule has 2 aromatic heterocycles. The van der Waals surface area contributed by atoms with E-state index >= 15 is 0 Å². The van der Waals surface area contributed by atoms with E-state index in [4.69, 9.17) is 0 Å². The monoisotopic (exact) mass is 311 g/mol. The molecule has 1 N–H and O–H groups in total. The van der Waals surface area contributed by atoms with Crippen LogP contribution in [0, 0.1) is 6.92 Å². The van der Waals surface area contributed by atoms with Crippen molar-refractivity contribution < 1.29 is 0 Å². The fourth-order valence-corrected chi connectivity index (χ4v) is 2.90. The van der Waals surface area contributed by atoms with Gasteiger partial charge >= 0.3 is 0 Å². The summed E-state index contributed by atoms with van der Waals surface area (Å²) in [6.45, 7) is 2.08. The summed E-state index contributed by atoms with van der Waals surface area (Å²) in [6.07, 6.45) is 5.58. The summed E-state index contributed by atoms with van der Waals surface area (Å²) in [5.74, 6) is 0. The number of aromatic nitrogens is 3. The standard InChI is InChI=1S/C21H17N3/c1-15-11-19(12-22-21(15)20-13-23-24-14-20)18-9-7-17(8-10-18)16-5-3-2-4-6-16/h2-14H,1H3,(H,23,24). The van der Waals surface area contributed by atoms with Crippen molar-refractivity contribution in [2.75, 3.05) is 0 Å². The van der Waals surface area contributed by atoms with E-state index in [1.54, 1.807) is 6.20 Å². The molecule has 3 heteroatoms. The third-order valence-corrected chi connectivity index (χ3v) is 4.18. The van der Waals surface area contributed by atoms with Crippen molar-refractivity contribution in [1.29, 1.82) is 0 Å². The first kappa shape index (κ1) is 14.4. The Kier molecular flexibility index (Phi) is 3.67. The molecular formula is C21H17N3. The Bertz CT molecular complexity index is 940. The van der Waals surface area contributed by atoms with Gasteiger partial charge in [-0.3, -0.25) is 10.1 Å². The van der Waals surface area contributed by atoms with Gasteiger partial charge in [0.25, 0.3) is 0 Å². The Hall–Kier alpha value is -3.20. The van der Waals surface area contributed by atoms with E-state index in [0.29, 0.717) is 0 Å². The fourth-order valence-electron chi connectivity index (χ4n) is 2.90. The van der Waals surface area contributed by atoms with Crippen molar-refractivity contribution in [2.45, 2.75) is 6.92 Å². The lowest BCUT2D eigenvalue weighted by Crippen LogP contribution is -1.89. The number of nitrogens with zero attached hydrogens (tertiary/aromatic N) is 2. The highest BCUT2D eigenvalue weighted by Crippen LogP contribution is 2.27. The molecule has 0 bridgehead atoms. The summed E-state index contributed by atoms with van der Waals surface area (Å²) < 4.78 is 0. The molecule has 0 aliphatic rings. The maximum Gasteiger partial charge on any atom is 0.0763 e. The van der Waals surface area contributed by atoms with Gasteiger partial charge in [0, 0.05) is 23.5 Å². The third kappa shape index (κ3) is 2.72. The van der Waals surface area contributed by atoms with E-state index < -0.39 is 0 Å². The molecule has 0 radical (unpaired) electrons. The van der Waals surface area contributed by atoms with Crippen LogP contribution in [-0.2, 0) is 0 Å². The van der Waals surface area contributed by atoms with Gasteiger partial charge in [-0.25, -0.2) is 0 Å². The molecule has 3 nitrogen and oxygen atoms in total. The summed E-state index contributed by atoms with van der Waals surface area (Å²) in [7, 11) is 0. The molecule has 0 aliphatic heterocycles. The fraction of sp³-hybridized carbons (Fsp3) is 0.0476. The molecular weight excluding hydrogens is 294 g/mol. The van der Waals surface area contributed by atoms with Crippen molar-refractivity contribution in [3.63, 3.8) is 0 Å². The van der Waals surface area contributed by atoms with E-state index in [1.165, 1.54) is 16.7 Å². The molecule has 0 unspecified atom stereocenters.